The lowest BCUT2D eigenvalue weighted by Gasteiger charge is -2.37. The van der Waals surface area contributed by atoms with Crippen LogP contribution in [0.5, 0.6) is 0 Å². The van der Waals surface area contributed by atoms with Gasteiger partial charge in [0, 0.05) is 10.0 Å². The molecule has 0 aliphatic heterocycles. The first kappa shape index (κ1) is 13.5. The molecule has 1 aliphatic rings. The van der Waals surface area contributed by atoms with Gasteiger partial charge in [-0.05, 0) is 57.8 Å². The van der Waals surface area contributed by atoms with Crippen LogP contribution in [0.2, 0.25) is 5.02 Å². The number of benzene rings is 1. The smallest absolute Gasteiger partial charge is 0.331 e. The quantitative estimate of drug-likeness (QED) is 0.913. The molecule has 0 radical (unpaired) electrons. The summed E-state index contributed by atoms with van der Waals surface area (Å²) in [6, 6.07) is 5.37. The van der Waals surface area contributed by atoms with E-state index < -0.39 is 11.5 Å². The second-order valence-corrected chi connectivity index (χ2v) is 5.94. The van der Waals surface area contributed by atoms with E-state index in [-0.39, 0.29) is 0 Å². The van der Waals surface area contributed by atoms with Crippen molar-refractivity contribution in [1.29, 1.82) is 0 Å². The molecule has 1 aliphatic carbocycles. The van der Waals surface area contributed by atoms with Gasteiger partial charge in [0.05, 0.1) is 5.02 Å². The van der Waals surface area contributed by atoms with E-state index in [0.717, 1.165) is 6.42 Å². The molecule has 0 amide bonds. The summed E-state index contributed by atoms with van der Waals surface area (Å²) in [5, 5.41) is 21.4. The van der Waals surface area contributed by atoms with Crippen LogP contribution in [0.1, 0.15) is 19.3 Å². The molecule has 1 heterocycles. The number of hydrogen-bond acceptors (Lipinski definition) is 4. The number of aromatic nitrogens is 4. The zero-order valence-corrected chi connectivity index (χ0v) is 12.6. The van der Waals surface area contributed by atoms with E-state index in [1.165, 1.54) is 4.68 Å². The highest BCUT2D eigenvalue weighted by atomic mass is 79.9. The number of hydrogen-bond donors (Lipinski definition) is 1. The molecule has 1 aromatic heterocycles. The molecule has 0 unspecified atom stereocenters. The summed E-state index contributed by atoms with van der Waals surface area (Å²) in [4.78, 5) is 11.6. The van der Waals surface area contributed by atoms with Crippen LogP contribution in [-0.2, 0) is 10.3 Å². The first-order valence-electron chi connectivity index (χ1n) is 6.03. The van der Waals surface area contributed by atoms with Crippen LogP contribution in [0, 0.1) is 0 Å². The van der Waals surface area contributed by atoms with Gasteiger partial charge in [0.25, 0.3) is 0 Å². The fourth-order valence-electron chi connectivity index (χ4n) is 2.35. The molecular formula is C12H10BrClN4O2. The first-order valence-corrected chi connectivity index (χ1v) is 7.20. The maximum Gasteiger partial charge on any atom is 0.331 e. The Morgan fingerprint density at radius 1 is 1.45 bits per heavy atom. The summed E-state index contributed by atoms with van der Waals surface area (Å²) in [5.74, 6) is -0.540. The number of nitrogens with zero attached hydrogens (tertiary/aromatic N) is 4. The molecule has 0 saturated heterocycles. The van der Waals surface area contributed by atoms with E-state index in [2.05, 4.69) is 31.5 Å². The van der Waals surface area contributed by atoms with Gasteiger partial charge in [-0.2, -0.15) is 0 Å². The molecule has 8 heteroatoms. The number of rotatable bonds is 3. The Kier molecular flexibility index (Phi) is 3.25. The van der Waals surface area contributed by atoms with Crippen LogP contribution in [0.4, 0.5) is 0 Å². The van der Waals surface area contributed by atoms with Crippen molar-refractivity contribution in [3.8, 4) is 11.4 Å². The number of carboxylic acid groups (broad SMARTS) is 1. The highest BCUT2D eigenvalue weighted by Crippen LogP contribution is 2.42. The van der Waals surface area contributed by atoms with Gasteiger partial charge in [0.1, 0.15) is 0 Å². The fourth-order valence-corrected chi connectivity index (χ4v) is 2.92. The number of aliphatic carboxylic acids is 1. The average Bonchev–Trinajstić information content (AvgIpc) is 2.80. The third kappa shape index (κ3) is 1.84. The Hall–Kier alpha value is -1.47. The third-order valence-electron chi connectivity index (χ3n) is 3.65. The summed E-state index contributed by atoms with van der Waals surface area (Å²) in [6.45, 7) is 0. The summed E-state index contributed by atoms with van der Waals surface area (Å²) < 4.78 is 2.09. The van der Waals surface area contributed by atoms with E-state index in [0.29, 0.717) is 33.7 Å². The molecule has 3 rings (SSSR count). The summed E-state index contributed by atoms with van der Waals surface area (Å²) in [7, 11) is 0. The Morgan fingerprint density at radius 3 is 2.80 bits per heavy atom. The molecular weight excluding hydrogens is 348 g/mol. The molecule has 1 N–H and O–H groups in total. The van der Waals surface area contributed by atoms with Gasteiger partial charge < -0.3 is 5.11 Å². The third-order valence-corrected chi connectivity index (χ3v) is 4.94. The minimum absolute atomic E-state index is 0.374. The number of halogens is 2. The van der Waals surface area contributed by atoms with Crippen LogP contribution in [0.3, 0.4) is 0 Å². The Labute approximate surface area is 127 Å². The zero-order chi connectivity index (χ0) is 14.3. The van der Waals surface area contributed by atoms with Crippen LogP contribution < -0.4 is 0 Å². The molecule has 1 fully saturated rings. The molecule has 0 atom stereocenters. The lowest BCUT2D eigenvalue weighted by molar-refractivity contribution is -0.153. The van der Waals surface area contributed by atoms with Crippen LogP contribution in [0.15, 0.2) is 22.7 Å². The SMILES string of the molecule is O=C(O)C1(n2nnnc2-c2cccc(Br)c2Cl)CCC1. The molecule has 0 bridgehead atoms. The molecule has 1 aromatic carbocycles. The van der Waals surface area contributed by atoms with Gasteiger partial charge in [0.15, 0.2) is 11.4 Å². The average molecular weight is 358 g/mol. The number of tetrazole rings is 1. The highest BCUT2D eigenvalue weighted by molar-refractivity contribution is 9.10. The molecule has 20 heavy (non-hydrogen) atoms. The van der Waals surface area contributed by atoms with Crippen molar-refractivity contribution < 1.29 is 9.90 Å². The molecule has 0 spiro atoms. The van der Waals surface area contributed by atoms with Gasteiger partial charge in [-0.15, -0.1) is 5.10 Å². The predicted octanol–water partition coefficient (Wildman–Crippen LogP) is 2.72. The Bertz CT molecular complexity index is 684. The Balaban J connectivity index is 2.16. The fraction of sp³-hybridized carbons (Fsp3) is 0.333. The van der Waals surface area contributed by atoms with Crippen molar-refractivity contribution in [2.24, 2.45) is 0 Å². The minimum atomic E-state index is -1.05. The molecule has 6 nitrogen and oxygen atoms in total. The second-order valence-electron chi connectivity index (χ2n) is 4.71. The lowest BCUT2D eigenvalue weighted by Crippen LogP contribution is -2.48. The monoisotopic (exact) mass is 356 g/mol. The number of carbonyl (C=O) groups is 1. The van der Waals surface area contributed by atoms with Crippen LogP contribution in [-0.4, -0.2) is 31.3 Å². The Morgan fingerprint density at radius 2 is 2.20 bits per heavy atom. The van der Waals surface area contributed by atoms with Crippen molar-refractivity contribution in [2.75, 3.05) is 0 Å². The van der Waals surface area contributed by atoms with Crippen molar-refractivity contribution in [3.05, 3.63) is 27.7 Å². The maximum absolute atomic E-state index is 11.6. The normalized spacial score (nSPS) is 16.7. The summed E-state index contributed by atoms with van der Waals surface area (Å²) >= 11 is 9.58. The summed E-state index contributed by atoms with van der Waals surface area (Å²) in [5.41, 5.74) is -0.441. The van der Waals surface area contributed by atoms with Gasteiger partial charge in [-0.1, -0.05) is 17.7 Å². The highest BCUT2D eigenvalue weighted by Gasteiger charge is 2.49. The van der Waals surface area contributed by atoms with Gasteiger partial charge in [-0.25, -0.2) is 9.48 Å². The zero-order valence-electron chi connectivity index (χ0n) is 10.3. The summed E-state index contributed by atoms with van der Waals surface area (Å²) in [6.07, 6.45) is 1.88. The van der Waals surface area contributed by atoms with E-state index in [9.17, 15) is 9.90 Å². The standard InChI is InChI=1S/C12H10BrClN4O2/c13-8-4-1-3-7(9(8)14)10-15-16-17-18(10)12(11(19)20)5-2-6-12/h1,3-4H,2,5-6H2,(H,19,20). The van der Waals surface area contributed by atoms with Crippen molar-refractivity contribution >= 4 is 33.5 Å². The van der Waals surface area contributed by atoms with Crippen molar-refractivity contribution in [1.82, 2.24) is 20.2 Å². The van der Waals surface area contributed by atoms with Gasteiger partial charge in [-0.3, -0.25) is 0 Å². The second kappa shape index (κ2) is 4.82. The van der Waals surface area contributed by atoms with E-state index in [4.69, 9.17) is 11.6 Å². The predicted molar refractivity (Wildman–Crippen MR) is 75.4 cm³/mol. The van der Waals surface area contributed by atoms with E-state index >= 15 is 0 Å². The van der Waals surface area contributed by atoms with E-state index in [1.54, 1.807) is 18.2 Å². The topological polar surface area (TPSA) is 80.9 Å². The number of carboxylic acids is 1. The van der Waals surface area contributed by atoms with E-state index in [1.807, 2.05) is 0 Å². The first-order chi connectivity index (χ1) is 9.56. The van der Waals surface area contributed by atoms with Crippen LogP contribution in [0.25, 0.3) is 11.4 Å². The van der Waals surface area contributed by atoms with Crippen molar-refractivity contribution in [2.45, 2.75) is 24.8 Å². The minimum Gasteiger partial charge on any atom is -0.479 e. The maximum atomic E-state index is 11.6. The lowest BCUT2D eigenvalue weighted by atomic mass is 9.76. The van der Waals surface area contributed by atoms with Gasteiger partial charge in [0.2, 0.25) is 0 Å². The molecule has 104 valence electrons. The van der Waals surface area contributed by atoms with Gasteiger partial charge >= 0.3 is 5.97 Å². The van der Waals surface area contributed by atoms with Crippen molar-refractivity contribution in [3.63, 3.8) is 0 Å². The van der Waals surface area contributed by atoms with Crippen LogP contribution >= 0.6 is 27.5 Å². The largest absolute Gasteiger partial charge is 0.479 e. The molecule has 1 saturated carbocycles. The molecule has 2 aromatic rings.